The summed E-state index contributed by atoms with van der Waals surface area (Å²) >= 11 is 0. The summed E-state index contributed by atoms with van der Waals surface area (Å²) in [4.78, 5) is 0. The highest BCUT2D eigenvalue weighted by Crippen LogP contribution is 2.36. The van der Waals surface area contributed by atoms with Gasteiger partial charge in [0.2, 0.25) is 0 Å². The predicted octanol–water partition coefficient (Wildman–Crippen LogP) is 4.70. The van der Waals surface area contributed by atoms with Crippen LogP contribution in [0, 0.1) is 0 Å². The van der Waals surface area contributed by atoms with Crippen LogP contribution in [0.2, 0.25) is 18.1 Å². The number of methoxy groups -OCH3 is 1. The number of aliphatic hydroxyl groups is 1. The molecule has 0 saturated carbocycles. The number of hydrogen-bond acceptors (Lipinski definition) is 5. The van der Waals surface area contributed by atoms with Crippen LogP contribution in [0.1, 0.15) is 39.2 Å². The Balaban J connectivity index is 1.85. The summed E-state index contributed by atoms with van der Waals surface area (Å²) in [6.45, 7) is 13.0. The summed E-state index contributed by atoms with van der Waals surface area (Å²) in [5.41, 5.74) is 2.38. The zero-order chi connectivity index (χ0) is 21.5. The molecule has 1 aromatic rings. The third-order valence-electron chi connectivity index (χ3n) is 5.92. The second-order valence-corrected chi connectivity index (χ2v) is 14.1. The van der Waals surface area contributed by atoms with E-state index in [9.17, 15) is 5.11 Å². The van der Waals surface area contributed by atoms with Crippen molar-refractivity contribution in [2.24, 2.45) is 0 Å². The monoisotopic (exact) mass is 422 g/mol. The molecule has 0 radical (unpaired) electrons. The minimum absolute atomic E-state index is 0.0232. The SMILES string of the molecule is COc1ccc(COC[C@H]2C/C(=C\CO[Si](C)(C)C(C)(C)C)C[C@@H](CO)O2)cc1. The molecule has 1 aromatic carbocycles. The lowest BCUT2D eigenvalue weighted by atomic mass is 9.98. The molecule has 29 heavy (non-hydrogen) atoms. The first-order valence-corrected chi connectivity index (χ1v) is 13.3. The molecule has 1 saturated heterocycles. The van der Waals surface area contributed by atoms with Crippen molar-refractivity contribution in [3.05, 3.63) is 41.5 Å². The van der Waals surface area contributed by atoms with E-state index < -0.39 is 8.32 Å². The molecule has 0 spiro atoms. The third kappa shape index (κ3) is 7.54. The Morgan fingerprint density at radius 3 is 2.38 bits per heavy atom. The molecule has 1 fully saturated rings. The largest absolute Gasteiger partial charge is 0.497 e. The lowest BCUT2D eigenvalue weighted by Crippen LogP contribution is -2.41. The van der Waals surface area contributed by atoms with Gasteiger partial charge in [0.15, 0.2) is 8.32 Å². The molecule has 0 bridgehead atoms. The molecule has 5 nitrogen and oxygen atoms in total. The van der Waals surface area contributed by atoms with Crippen molar-refractivity contribution >= 4 is 8.32 Å². The summed E-state index contributed by atoms with van der Waals surface area (Å²) in [5.74, 6) is 0.838. The Kier molecular flexibility index (Phi) is 8.91. The highest BCUT2D eigenvalue weighted by molar-refractivity contribution is 6.74. The van der Waals surface area contributed by atoms with Gasteiger partial charge in [0.25, 0.3) is 0 Å². The van der Waals surface area contributed by atoms with Crippen molar-refractivity contribution in [2.75, 3.05) is 26.9 Å². The first-order chi connectivity index (χ1) is 13.6. The number of rotatable bonds is 9. The maximum absolute atomic E-state index is 9.61. The zero-order valence-electron chi connectivity index (χ0n) is 18.9. The third-order valence-corrected chi connectivity index (χ3v) is 10.4. The van der Waals surface area contributed by atoms with Crippen molar-refractivity contribution in [1.29, 1.82) is 0 Å². The van der Waals surface area contributed by atoms with Gasteiger partial charge in [-0.15, -0.1) is 0 Å². The highest BCUT2D eigenvalue weighted by Gasteiger charge is 2.36. The fourth-order valence-electron chi connectivity index (χ4n) is 3.02. The van der Waals surface area contributed by atoms with Gasteiger partial charge in [0.05, 0.1) is 45.7 Å². The molecule has 0 aromatic heterocycles. The van der Waals surface area contributed by atoms with Crippen LogP contribution < -0.4 is 4.74 Å². The van der Waals surface area contributed by atoms with Crippen LogP contribution >= 0.6 is 0 Å². The number of aliphatic hydroxyl groups excluding tert-OH is 1. The topological polar surface area (TPSA) is 57.2 Å². The Hall–Kier alpha value is -1.18. The molecule has 0 aliphatic carbocycles. The van der Waals surface area contributed by atoms with Crippen molar-refractivity contribution < 1.29 is 23.7 Å². The maximum Gasteiger partial charge on any atom is 0.192 e. The summed E-state index contributed by atoms with van der Waals surface area (Å²) in [7, 11) is -0.0973. The summed E-state index contributed by atoms with van der Waals surface area (Å²) in [5, 5.41) is 9.81. The van der Waals surface area contributed by atoms with Gasteiger partial charge >= 0.3 is 0 Å². The van der Waals surface area contributed by atoms with E-state index in [1.54, 1.807) is 7.11 Å². The molecule has 1 N–H and O–H groups in total. The Morgan fingerprint density at radius 2 is 1.79 bits per heavy atom. The van der Waals surface area contributed by atoms with E-state index in [2.05, 4.69) is 39.9 Å². The van der Waals surface area contributed by atoms with E-state index in [1.807, 2.05) is 24.3 Å². The van der Waals surface area contributed by atoms with Crippen molar-refractivity contribution in [3.8, 4) is 5.75 Å². The predicted molar refractivity (Wildman–Crippen MR) is 119 cm³/mol. The van der Waals surface area contributed by atoms with Crippen LogP contribution in [-0.4, -0.2) is 52.6 Å². The summed E-state index contributed by atoms with van der Waals surface area (Å²) < 4.78 is 23.3. The van der Waals surface area contributed by atoms with E-state index >= 15 is 0 Å². The second-order valence-electron chi connectivity index (χ2n) is 9.27. The Morgan fingerprint density at radius 1 is 1.14 bits per heavy atom. The fraction of sp³-hybridized carbons (Fsp3) is 0.652. The van der Waals surface area contributed by atoms with Gasteiger partial charge in [-0.1, -0.05) is 44.6 Å². The van der Waals surface area contributed by atoms with Crippen LogP contribution in [0.5, 0.6) is 5.75 Å². The molecule has 0 unspecified atom stereocenters. The van der Waals surface area contributed by atoms with E-state index in [0.29, 0.717) is 19.8 Å². The van der Waals surface area contributed by atoms with Gasteiger partial charge in [0.1, 0.15) is 5.75 Å². The molecule has 1 heterocycles. The average molecular weight is 423 g/mol. The van der Waals surface area contributed by atoms with E-state index in [4.69, 9.17) is 18.6 Å². The number of ether oxygens (including phenoxy) is 3. The molecule has 1 aliphatic heterocycles. The fourth-order valence-corrected chi connectivity index (χ4v) is 3.96. The van der Waals surface area contributed by atoms with Gasteiger partial charge in [-0.05, 0) is 48.7 Å². The van der Waals surface area contributed by atoms with Crippen molar-refractivity contribution in [3.63, 3.8) is 0 Å². The normalized spacial score (nSPS) is 22.1. The van der Waals surface area contributed by atoms with Gasteiger partial charge in [-0.25, -0.2) is 0 Å². The van der Waals surface area contributed by atoms with Crippen molar-refractivity contribution in [2.45, 2.75) is 70.6 Å². The summed E-state index contributed by atoms with van der Waals surface area (Å²) in [6.07, 6.45) is 3.55. The molecule has 0 amide bonds. The summed E-state index contributed by atoms with van der Waals surface area (Å²) in [6, 6.07) is 7.86. The average Bonchev–Trinajstić information content (AvgIpc) is 2.67. The zero-order valence-corrected chi connectivity index (χ0v) is 19.9. The maximum atomic E-state index is 9.61. The first-order valence-electron chi connectivity index (χ1n) is 10.4. The van der Waals surface area contributed by atoms with Gasteiger partial charge in [-0.3, -0.25) is 0 Å². The minimum atomic E-state index is -1.76. The Bertz CT molecular complexity index is 648. The van der Waals surface area contributed by atoms with Crippen LogP contribution in [0.4, 0.5) is 0 Å². The molecule has 2 atom stereocenters. The minimum Gasteiger partial charge on any atom is -0.497 e. The van der Waals surface area contributed by atoms with E-state index in [-0.39, 0.29) is 23.9 Å². The van der Waals surface area contributed by atoms with Crippen LogP contribution in [0.15, 0.2) is 35.9 Å². The van der Waals surface area contributed by atoms with Gasteiger partial charge in [-0.2, -0.15) is 0 Å². The first kappa shape index (κ1) is 24.1. The van der Waals surface area contributed by atoms with Crippen LogP contribution in [0.25, 0.3) is 0 Å². The molecule has 1 aliphatic rings. The second kappa shape index (κ2) is 10.7. The highest BCUT2D eigenvalue weighted by atomic mass is 28.4. The van der Waals surface area contributed by atoms with E-state index in [0.717, 1.165) is 24.2 Å². The van der Waals surface area contributed by atoms with Crippen LogP contribution in [-0.2, 0) is 20.5 Å². The van der Waals surface area contributed by atoms with Crippen molar-refractivity contribution in [1.82, 2.24) is 0 Å². The standard InChI is InChI=1S/C23H38O5Si/c1-23(2,3)29(5,6)27-12-11-19-13-21(15-24)28-22(14-19)17-26-16-18-7-9-20(25-4)10-8-18/h7-11,21-22,24H,12-17H2,1-6H3/b19-11-/t21-,22+/m0/s1. The quantitative estimate of drug-likeness (QED) is 0.462. The smallest absolute Gasteiger partial charge is 0.192 e. The molecular formula is C23H38O5Si. The molecule has 6 heteroatoms. The van der Waals surface area contributed by atoms with Gasteiger partial charge < -0.3 is 23.7 Å². The van der Waals surface area contributed by atoms with Crippen LogP contribution in [0.3, 0.4) is 0 Å². The molecular weight excluding hydrogens is 384 g/mol. The number of hydrogen-bond donors (Lipinski definition) is 1. The molecule has 2 rings (SSSR count). The lowest BCUT2D eigenvalue weighted by molar-refractivity contribution is -0.0900. The number of benzene rings is 1. The van der Waals surface area contributed by atoms with E-state index in [1.165, 1.54) is 5.57 Å². The van der Waals surface area contributed by atoms with Gasteiger partial charge in [0, 0.05) is 0 Å². The lowest BCUT2D eigenvalue weighted by Gasteiger charge is -2.36. The Labute approximate surface area is 177 Å². The molecule has 164 valence electrons.